The lowest BCUT2D eigenvalue weighted by atomic mass is 10.0. The summed E-state index contributed by atoms with van der Waals surface area (Å²) < 4.78 is 8.74. The number of nitrogens with one attached hydrogen (secondary N) is 3. The third-order valence-electron chi connectivity index (χ3n) is 8.50. The van der Waals surface area contributed by atoms with Gasteiger partial charge in [0.25, 0.3) is 0 Å². The molecule has 2 atom stereocenters. The van der Waals surface area contributed by atoms with Gasteiger partial charge in [-0.1, -0.05) is 97.1 Å². The Balaban J connectivity index is 1.22. The average Bonchev–Trinajstić information content (AvgIpc) is 3.63. The molecule has 0 fully saturated rings. The quantitative estimate of drug-likeness (QED) is 0.125. The van der Waals surface area contributed by atoms with E-state index in [9.17, 15) is 0 Å². The minimum atomic E-state index is -0.215. The monoisotopic (exact) mass is 572 g/mol. The van der Waals surface area contributed by atoms with Crippen LogP contribution in [0.15, 0.2) is 150 Å². The van der Waals surface area contributed by atoms with Gasteiger partial charge in [0.05, 0.1) is 11.0 Å². The number of hydrazine groups is 1. The number of anilines is 1. The molecule has 0 bridgehead atoms. The Labute approximate surface area is 255 Å². The first-order valence-electron chi connectivity index (χ1n) is 15.1. The summed E-state index contributed by atoms with van der Waals surface area (Å²) in [4.78, 5) is 0. The lowest BCUT2D eigenvalue weighted by molar-refractivity contribution is 0.419. The summed E-state index contributed by atoms with van der Waals surface area (Å²) in [6.45, 7) is 2.19. The van der Waals surface area contributed by atoms with Gasteiger partial charge in [-0.25, -0.2) is 5.43 Å². The van der Waals surface area contributed by atoms with E-state index in [4.69, 9.17) is 4.42 Å². The molecule has 3 N–H and O–H groups in total. The molecule has 0 saturated carbocycles. The minimum Gasteiger partial charge on any atom is -0.456 e. The number of hydrogen-bond acceptors (Lipinski definition) is 4. The Morgan fingerprint density at radius 1 is 0.591 bits per heavy atom. The first-order chi connectivity index (χ1) is 21.7. The number of hydrogen-bond donors (Lipinski definition) is 3. The van der Waals surface area contributed by atoms with Gasteiger partial charge in [-0.2, -0.15) is 0 Å². The molecule has 0 saturated heterocycles. The van der Waals surface area contributed by atoms with Crippen LogP contribution in [0.2, 0.25) is 0 Å². The number of para-hydroxylation sites is 5. The summed E-state index contributed by atoms with van der Waals surface area (Å²) in [6.07, 6.45) is -0.215. The fourth-order valence-electron chi connectivity index (χ4n) is 6.37. The summed E-state index contributed by atoms with van der Waals surface area (Å²) in [7, 11) is 0. The van der Waals surface area contributed by atoms with Crippen molar-refractivity contribution in [3.63, 3.8) is 0 Å². The van der Waals surface area contributed by atoms with Gasteiger partial charge in [0.15, 0.2) is 0 Å². The fraction of sp³-hybridized carbons (Fsp3) is 0.0769. The molecule has 8 rings (SSSR count). The second kappa shape index (κ2) is 11.0. The maximum Gasteiger partial charge on any atom is 0.140 e. The molecule has 0 radical (unpaired) electrons. The highest BCUT2D eigenvalue weighted by Gasteiger charge is 2.21. The summed E-state index contributed by atoms with van der Waals surface area (Å²) in [5.41, 5.74) is 15.6. The zero-order valence-electron chi connectivity index (χ0n) is 24.4. The van der Waals surface area contributed by atoms with Crippen LogP contribution in [0, 0.1) is 0 Å². The van der Waals surface area contributed by atoms with E-state index in [2.05, 4.69) is 143 Å². The second-order valence-electron chi connectivity index (χ2n) is 11.2. The predicted molar refractivity (Wildman–Crippen MR) is 182 cm³/mol. The molecule has 0 spiro atoms. The van der Waals surface area contributed by atoms with Gasteiger partial charge < -0.3 is 14.4 Å². The van der Waals surface area contributed by atoms with Crippen LogP contribution in [0.1, 0.15) is 30.3 Å². The van der Waals surface area contributed by atoms with Gasteiger partial charge >= 0.3 is 0 Å². The predicted octanol–water partition coefficient (Wildman–Crippen LogP) is 9.65. The maximum absolute atomic E-state index is 6.39. The van der Waals surface area contributed by atoms with Crippen molar-refractivity contribution in [1.82, 2.24) is 15.3 Å². The molecule has 2 unspecified atom stereocenters. The molecule has 214 valence electrons. The first-order valence-corrected chi connectivity index (χ1v) is 15.1. The Kier molecular flexibility index (Phi) is 6.60. The average molecular weight is 573 g/mol. The van der Waals surface area contributed by atoms with E-state index in [0.717, 1.165) is 44.4 Å². The molecule has 2 heterocycles. The topological polar surface area (TPSA) is 54.2 Å². The van der Waals surface area contributed by atoms with Gasteiger partial charge in [-0.05, 0) is 61.0 Å². The lowest BCUT2D eigenvalue weighted by Crippen LogP contribution is -2.39. The van der Waals surface area contributed by atoms with Crippen molar-refractivity contribution in [3.8, 4) is 5.69 Å². The number of furan rings is 1. The van der Waals surface area contributed by atoms with E-state index < -0.39 is 0 Å². The molecule has 44 heavy (non-hydrogen) atoms. The van der Waals surface area contributed by atoms with Gasteiger partial charge in [0.1, 0.15) is 17.3 Å². The van der Waals surface area contributed by atoms with Gasteiger partial charge in [0, 0.05) is 44.5 Å². The largest absolute Gasteiger partial charge is 0.456 e. The van der Waals surface area contributed by atoms with Crippen LogP contribution in [-0.4, -0.2) is 4.57 Å². The van der Waals surface area contributed by atoms with Gasteiger partial charge in [-0.3, -0.25) is 5.32 Å². The van der Waals surface area contributed by atoms with Crippen molar-refractivity contribution >= 4 is 49.4 Å². The van der Waals surface area contributed by atoms with Crippen molar-refractivity contribution in [1.29, 1.82) is 0 Å². The normalized spacial score (nSPS) is 13.1. The summed E-state index contributed by atoms with van der Waals surface area (Å²) in [6, 6.07) is 50.8. The van der Waals surface area contributed by atoms with Gasteiger partial charge in [0.2, 0.25) is 0 Å². The lowest BCUT2D eigenvalue weighted by Gasteiger charge is -2.26. The Morgan fingerprint density at radius 2 is 1.27 bits per heavy atom. The van der Waals surface area contributed by atoms with Crippen LogP contribution in [0.3, 0.4) is 0 Å². The van der Waals surface area contributed by atoms with E-state index in [-0.39, 0.29) is 12.2 Å². The minimum absolute atomic E-state index is 0.0179. The molecule has 0 amide bonds. The molecule has 5 nitrogen and oxygen atoms in total. The van der Waals surface area contributed by atoms with Crippen molar-refractivity contribution in [3.05, 3.63) is 157 Å². The molecular formula is C39H32N4O. The highest BCUT2D eigenvalue weighted by atomic mass is 16.3. The number of aromatic nitrogens is 1. The Morgan fingerprint density at radius 3 is 2.11 bits per heavy atom. The highest BCUT2D eigenvalue weighted by Crippen LogP contribution is 2.36. The van der Waals surface area contributed by atoms with Crippen LogP contribution in [0.5, 0.6) is 0 Å². The van der Waals surface area contributed by atoms with Crippen molar-refractivity contribution in [2.24, 2.45) is 0 Å². The van der Waals surface area contributed by atoms with Crippen LogP contribution < -0.4 is 16.2 Å². The van der Waals surface area contributed by atoms with Crippen LogP contribution >= 0.6 is 0 Å². The second-order valence-corrected chi connectivity index (χ2v) is 11.2. The summed E-state index contributed by atoms with van der Waals surface area (Å²) in [5, 5.41) is 8.57. The first kappa shape index (κ1) is 26.3. The Hall–Kier alpha value is -5.36. The van der Waals surface area contributed by atoms with Gasteiger partial charge in [-0.15, -0.1) is 0 Å². The third-order valence-corrected chi connectivity index (χ3v) is 8.50. The third kappa shape index (κ3) is 4.60. The van der Waals surface area contributed by atoms with Crippen LogP contribution in [0.4, 0.5) is 5.69 Å². The zero-order valence-corrected chi connectivity index (χ0v) is 24.4. The molecule has 0 aliphatic heterocycles. The smallest absolute Gasteiger partial charge is 0.140 e. The van der Waals surface area contributed by atoms with E-state index in [1.165, 1.54) is 21.8 Å². The number of benzene rings is 6. The summed E-state index contributed by atoms with van der Waals surface area (Å²) >= 11 is 0. The fourth-order valence-corrected chi connectivity index (χ4v) is 6.37. The zero-order chi connectivity index (χ0) is 29.5. The van der Waals surface area contributed by atoms with Crippen LogP contribution in [-0.2, 0) is 0 Å². The number of nitrogens with zero attached hydrogens (tertiary/aromatic N) is 1. The maximum atomic E-state index is 6.39. The van der Waals surface area contributed by atoms with Crippen LogP contribution in [0.25, 0.3) is 49.4 Å². The molecule has 8 aromatic rings. The number of fused-ring (bicyclic) bond motifs is 6. The molecule has 6 aromatic carbocycles. The molecule has 2 aromatic heterocycles. The molecule has 5 heteroatoms. The molecular weight excluding hydrogens is 540 g/mol. The van der Waals surface area contributed by atoms with Crippen molar-refractivity contribution < 1.29 is 4.42 Å². The molecule has 0 aliphatic rings. The van der Waals surface area contributed by atoms with E-state index >= 15 is 0 Å². The molecule has 0 aliphatic carbocycles. The standard InChI is InChI=1S/C39H32N4O/c1-26(30-19-12-20-33-32-18-9-11-22-37(32)44-38(30)33)40-39(42-41-28-13-4-2-5-14-28)27-23-24-36-34(25-27)31-17-8-10-21-35(31)43(36)29-15-6-3-7-16-29/h2-26,39-42H,1H3. The Bertz CT molecular complexity index is 2230. The van der Waals surface area contributed by atoms with E-state index in [1.54, 1.807) is 0 Å². The van der Waals surface area contributed by atoms with E-state index in [0.29, 0.717) is 0 Å². The summed E-state index contributed by atoms with van der Waals surface area (Å²) in [5.74, 6) is 0. The van der Waals surface area contributed by atoms with E-state index in [1.807, 2.05) is 30.3 Å². The number of rotatable bonds is 8. The highest BCUT2D eigenvalue weighted by molar-refractivity contribution is 6.09. The van der Waals surface area contributed by atoms with Crippen molar-refractivity contribution in [2.75, 3.05) is 5.43 Å². The van der Waals surface area contributed by atoms with Crippen molar-refractivity contribution in [2.45, 2.75) is 19.1 Å². The SMILES string of the molecule is CC(NC(NNc1ccccc1)c1ccc2c(c1)c1ccccc1n2-c1ccccc1)c1cccc2c1oc1ccccc12.